The first-order chi connectivity index (χ1) is 9.63. The second-order valence-electron chi connectivity index (χ2n) is 5.81. The van der Waals surface area contributed by atoms with E-state index in [1.807, 2.05) is 33.0 Å². The summed E-state index contributed by atoms with van der Waals surface area (Å²) in [4.78, 5) is 0. The second-order valence-corrected chi connectivity index (χ2v) is 5.81. The van der Waals surface area contributed by atoms with E-state index in [0.29, 0.717) is 6.61 Å². The molecule has 1 fully saturated rings. The summed E-state index contributed by atoms with van der Waals surface area (Å²) < 4.78 is 20.4. The Morgan fingerprint density at radius 3 is 2.60 bits per heavy atom. The lowest BCUT2D eigenvalue weighted by atomic mass is 9.76. The van der Waals surface area contributed by atoms with E-state index in [0.717, 1.165) is 36.8 Å². The highest BCUT2D eigenvalue weighted by atomic mass is 19.1. The lowest BCUT2D eigenvalue weighted by Gasteiger charge is -2.43. The third-order valence-corrected chi connectivity index (χ3v) is 4.41. The molecule has 1 aliphatic carbocycles. The van der Waals surface area contributed by atoms with Crippen LogP contribution in [0.2, 0.25) is 0 Å². The van der Waals surface area contributed by atoms with Crippen molar-refractivity contribution < 1.29 is 9.13 Å². The van der Waals surface area contributed by atoms with Crippen molar-refractivity contribution in [2.75, 3.05) is 13.7 Å². The molecule has 0 heterocycles. The Morgan fingerprint density at radius 2 is 2.00 bits per heavy atom. The summed E-state index contributed by atoms with van der Waals surface area (Å²) in [6.07, 6.45) is 5.57. The Labute approximate surface area is 121 Å². The van der Waals surface area contributed by atoms with Crippen LogP contribution >= 0.6 is 0 Å². The van der Waals surface area contributed by atoms with Gasteiger partial charge in [-0.25, -0.2) is 4.39 Å². The molecule has 0 saturated heterocycles. The highest BCUT2D eigenvalue weighted by Gasteiger charge is 2.41. The van der Waals surface area contributed by atoms with Crippen LogP contribution in [-0.2, 0) is 4.74 Å². The molecule has 0 bridgehead atoms. The highest BCUT2D eigenvalue weighted by molar-refractivity contribution is 5.29. The van der Waals surface area contributed by atoms with Crippen LogP contribution in [0.3, 0.4) is 0 Å². The maximum absolute atomic E-state index is 14.3. The minimum atomic E-state index is -0.267. The molecule has 0 radical (unpaired) electrons. The zero-order valence-corrected chi connectivity index (χ0v) is 12.8. The van der Waals surface area contributed by atoms with E-state index in [1.165, 1.54) is 6.42 Å². The average molecular weight is 279 g/mol. The van der Waals surface area contributed by atoms with Crippen LogP contribution in [0.15, 0.2) is 18.2 Å². The van der Waals surface area contributed by atoms with Gasteiger partial charge in [0.2, 0.25) is 0 Å². The SMILES string of the molecule is CCOC1(C(NC)c2cc(C)ccc2F)CCCCC1. The van der Waals surface area contributed by atoms with E-state index in [1.54, 1.807) is 6.07 Å². The number of likely N-dealkylation sites (N-methyl/N-ethyl adjacent to an activating group) is 1. The molecule has 1 unspecified atom stereocenters. The predicted molar refractivity (Wildman–Crippen MR) is 80.4 cm³/mol. The van der Waals surface area contributed by atoms with Crippen molar-refractivity contribution >= 4 is 0 Å². The zero-order valence-electron chi connectivity index (χ0n) is 12.8. The molecule has 1 aromatic carbocycles. The van der Waals surface area contributed by atoms with Crippen LogP contribution in [0.25, 0.3) is 0 Å². The maximum atomic E-state index is 14.3. The lowest BCUT2D eigenvalue weighted by Crippen LogP contribution is -2.47. The maximum Gasteiger partial charge on any atom is 0.128 e. The standard InChI is InChI=1S/C17H26FNO/c1-4-20-17(10-6-5-7-11-17)16(19-3)14-12-13(2)8-9-15(14)18/h8-9,12,16,19H,4-7,10-11H2,1-3H3. The summed E-state index contributed by atoms with van der Waals surface area (Å²) in [6.45, 7) is 4.70. The molecule has 0 amide bonds. The van der Waals surface area contributed by atoms with Gasteiger partial charge in [-0.15, -0.1) is 0 Å². The largest absolute Gasteiger partial charge is 0.373 e. The van der Waals surface area contributed by atoms with Crippen molar-refractivity contribution in [2.45, 2.75) is 57.6 Å². The molecule has 20 heavy (non-hydrogen) atoms. The summed E-state index contributed by atoms with van der Waals surface area (Å²) >= 11 is 0. The van der Waals surface area contributed by atoms with Crippen molar-refractivity contribution in [3.8, 4) is 0 Å². The van der Waals surface area contributed by atoms with E-state index in [-0.39, 0.29) is 17.5 Å². The van der Waals surface area contributed by atoms with Crippen LogP contribution in [0.1, 0.15) is 56.2 Å². The topological polar surface area (TPSA) is 21.3 Å². The van der Waals surface area contributed by atoms with Gasteiger partial charge >= 0.3 is 0 Å². The summed E-state index contributed by atoms with van der Waals surface area (Å²) in [5.74, 6) is -0.139. The van der Waals surface area contributed by atoms with Gasteiger partial charge in [0.1, 0.15) is 5.82 Å². The fourth-order valence-electron chi connectivity index (χ4n) is 3.54. The molecule has 1 aromatic rings. The van der Waals surface area contributed by atoms with E-state index < -0.39 is 0 Å². The number of hydrogen-bond donors (Lipinski definition) is 1. The van der Waals surface area contributed by atoms with Crippen molar-refractivity contribution in [1.29, 1.82) is 0 Å². The van der Waals surface area contributed by atoms with Crippen molar-refractivity contribution in [3.05, 3.63) is 35.1 Å². The van der Waals surface area contributed by atoms with Crippen LogP contribution in [0.5, 0.6) is 0 Å². The molecule has 3 heteroatoms. The molecule has 0 spiro atoms. The smallest absolute Gasteiger partial charge is 0.128 e. The number of halogens is 1. The first-order valence-electron chi connectivity index (χ1n) is 7.70. The van der Waals surface area contributed by atoms with Gasteiger partial charge in [0.25, 0.3) is 0 Å². The predicted octanol–water partition coefficient (Wildman–Crippen LogP) is 4.13. The summed E-state index contributed by atoms with van der Waals surface area (Å²) in [5, 5.41) is 3.32. The zero-order chi connectivity index (χ0) is 14.6. The third kappa shape index (κ3) is 3.04. The van der Waals surface area contributed by atoms with Gasteiger partial charge in [-0.3, -0.25) is 0 Å². The van der Waals surface area contributed by atoms with Crippen molar-refractivity contribution in [2.24, 2.45) is 0 Å². The number of benzene rings is 1. The molecule has 0 aliphatic heterocycles. The number of nitrogens with one attached hydrogen (secondary N) is 1. The normalized spacial score (nSPS) is 19.8. The van der Waals surface area contributed by atoms with Crippen LogP contribution in [0.4, 0.5) is 4.39 Å². The van der Waals surface area contributed by atoms with Gasteiger partial charge in [-0.1, -0.05) is 37.0 Å². The minimum absolute atomic E-state index is 0.0809. The van der Waals surface area contributed by atoms with E-state index >= 15 is 0 Å². The Kier molecular flexibility index (Phi) is 5.17. The molecular formula is C17H26FNO. The Hall–Kier alpha value is -0.930. The Bertz CT molecular complexity index is 435. The van der Waals surface area contributed by atoms with E-state index in [2.05, 4.69) is 5.32 Å². The van der Waals surface area contributed by atoms with E-state index in [4.69, 9.17) is 4.74 Å². The van der Waals surface area contributed by atoms with Gasteiger partial charge in [0.15, 0.2) is 0 Å². The van der Waals surface area contributed by atoms with Crippen LogP contribution < -0.4 is 5.32 Å². The van der Waals surface area contributed by atoms with Gasteiger partial charge in [0, 0.05) is 12.2 Å². The molecule has 1 aliphatic rings. The number of ether oxygens (including phenoxy) is 1. The summed E-state index contributed by atoms with van der Waals surface area (Å²) in [7, 11) is 1.90. The first-order valence-corrected chi connectivity index (χ1v) is 7.70. The van der Waals surface area contributed by atoms with E-state index in [9.17, 15) is 4.39 Å². The second kappa shape index (κ2) is 6.68. The Morgan fingerprint density at radius 1 is 1.30 bits per heavy atom. The van der Waals surface area contributed by atoms with Crippen LogP contribution in [-0.4, -0.2) is 19.3 Å². The van der Waals surface area contributed by atoms with Crippen LogP contribution in [0, 0.1) is 12.7 Å². The number of aryl methyl sites for hydroxylation is 1. The third-order valence-electron chi connectivity index (χ3n) is 4.41. The highest BCUT2D eigenvalue weighted by Crippen LogP contribution is 2.42. The molecule has 2 rings (SSSR count). The quantitative estimate of drug-likeness (QED) is 0.875. The molecule has 0 aromatic heterocycles. The van der Waals surface area contributed by atoms with Gasteiger partial charge in [0.05, 0.1) is 11.6 Å². The molecule has 2 nitrogen and oxygen atoms in total. The number of hydrogen-bond acceptors (Lipinski definition) is 2. The van der Waals surface area contributed by atoms with Crippen molar-refractivity contribution in [3.63, 3.8) is 0 Å². The molecule has 1 N–H and O–H groups in total. The summed E-state index contributed by atoms with van der Waals surface area (Å²) in [6, 6.07) is 5.26. The monoisotopic (exact) mass is 279 g/mol. The lowest BCUT2D eigenvalue weighted by molar-refractivity contribution is -0.0904. The molecular weight excluding hydrogens is 253 g/mol. The molecule has 112 valence electrons. The van der Waals surface area contributed by atoms with Gasteiger partial charge in [-0.05, 0) is 39.8 Å². The van der Waals surface area contributed by atoms with Gasteiger partial charge in [-0.2, -0.15) is 0 Å². The fourth-order valence-corrected chi connectivity index (χ4v) is 3.54. The minimum Gasteiger partial charge on any atom is -0.373 e. The number of rotatable bonds is 5. The Balaban J connectivity index is 2.39. The molecule has 1 atom stereocenters. The summed E-state index contributed by atoms with van der Waals surface area (Å²) in [5.41, 5.74) is 1.56. The van der Waals surface area contributed by atoms with Crippen molar-refractivity contribution in [1.82, 2.24) is 5.32 Å². The fraction of sp³-hybridized carbons (Fsp3) is 0.647. The average Bonchev–Trinajstić information content (AvgIpc) is 2.45. The first kappa shape index (κ1) is 15.5. The van der Waals surface area contributed by atoms with Gasteiger partial charge < -0.3 is 10.1 Å². The molecule has 1 saturated carbocycles.